The molecule has 9 heteroatoms. The molecule has 0 heterocycles. The van der Waals surface area contributed by atoms with Crippen LogP contribution in [-0.2, 0) is 0 Å². The van der Waals surface area contributed by atoms with Crippen LogP contribution in [-0.4, -0.2) is 24.9 Å². The standard InChI is InChI=1S/C11H8F6O3/c1-2-19-7-4-3-6(9(18)10(12,13)14)5-8(7)20-11(15,16)17/h3-5H,2H2,1H3. The SMILES string of the molecule is CCOc1ccc(C(=O)C(F)(F)F)cc1OC(F)(F)F. The van der Waals surface area contributed by atoms with Gasteiger partial charge in [-0.2, -0.15) is 13.2 Å². The van der Waals surface area contributed by atoms with Crippen molar-refractivity contribution in [3.8, 4) is 11.5 Å². The van der Waals surface area contributed by atoms with Crippen LogP contribution >= 0.6 is 0 Å². The summed E-state index contributed by atoms with van der Waals surface area (Å²) >= 11 is 0. The van der Waals surface area contributed by atoms with Crippen molar-refractivity contribution in [1.29, 1.82) is 0 Å². The topological polar surface area (TPSA) is 35.5 Å². The molecule has 0 saturated heterocycles. The number of carbonyl (C=O) groups is 1. The molecular formula is C11H8F6O3. The summed E-state index contributed by atoms with van der Waals surface area (Å²) in [5.41, 5.74) is -0.972. The fourth-order valence-electron chi connectivity index (χ4n) is 1.29. The zero-order valence-corrected chi connectivity index (χ0v) is 9.93. The number of hydrogen-bond acceptors (Lipinski definition) is 3. The first kappa shape index (κ1) is 16.1. The molecule has 0 amide bonds. The summed E-state index contributed by atoms with van der Waals surface area (Å²) in [5, 5.41) is 0. The highest BCUT2D eigenvalue weighted by Gasteiger charge is 2.40. The third kappa shape index (κ3) is 4.32. The number of benzene rings is 1. The van der Waals surface area contributed by atoms with Gasteiger partial charge in [0.15, 0.2) is 11.5 Å². The fraction of sp³-hybridized carbons (Fsp3) is 0.364. The second-order valence-corrected chi connectivity index (χ2v) is 3.47. The minimum Gasteiger partial charge on any atom is -0.490 e. The summed E-state index contributed by atoms with van der Waals surface area (Å²) in [6, 6.07) is 1.86. The molecule has 0 atom stereocenters. The molecule has 1 rings (SSSR count). The Morgan fingerprint density at radius 1 is 1.10 bits per heavy atom. The predicted molar refractivity (Wildman–Crippen MR) is 54.7 cm³/mol. The summed E-state index contributed by atoms with van der Waals surface area (Å²) < 4.78 is 81.4. The van der Waals surface area contributed by atoms with E-state index in [0.717, 1.165) is 6.07 Å². The summed E-state index contributed by atoms with van der Waals surface area (Å²) in [6.07, 6.45) is -10.3. The largest absolute Gasteiger partial charge is 0.573 e. The van der Waals surface area contributed by atoms with Crippen molar-refractivity contribution in [3.05, 3.63) is 23.8 Å². The van der Waals surface area contributed by atoms with Gasteiger partial charge < -0.3 is 9.47 Å². The van der Waals surface area contributed by atoms with E-state index in [4.69, 9.17) is 4.74 Å². The maximum atomic E-state index is 12.2. The van der Waals surface area contributed by atoms with E-state index in [1.165, 1.54) is 6.92 Å². The number of carbonyl (C=O) groups excluding carboxylic acids is 1. The third-order valence-electron chi connectivity index (χ3n) is 1.99. The van der Waals surface area contributed by atoms with Gasteiger partial charge in [0.2, 0.25) is 0 Å². The zero-order valence-electron chi connectivity index (χ0n) is 9.93. The number of halogens is 6. The predicted octanol–water partition coefficient (Wildman–Crippen LogP) is 3.73. The number of ketones is 1. The number of hydrogen-bond donors (Lipinski definition) is 0. The Kier molecular flexibility index (Phi) is 4.51. The van der Waals surface area contributed by atoms with Crippen molar-refractivity contribution in [3.63, 3.8) is 0 Å². The van der Waals surface area contributed by atoms with E-state index >= 15 is 0 Å². The van der Waals surface area contributed by atoms with E-state index < -0.39 is 35.4 Å². The number of Topliss-reactive ketones (excluding diaryl/α,β-unsaturated/α-hetero) is 1. The van der Waals surface area contributed by atoms with Crippen LogP contribution in [0.4, 0.5) is 26.3 Å². The molecule has 0 radical (unpaired) electrons. The lowest BCUT2D eigenvalue weighted by Gasteiger charge is -2.14. The molecule has 0 aliphatic heterocycles. The molecule has 0 aromatic heterocycles. The van der Waals surface area contributed by atoms with Gasteiger partial charge in [0.25, 0.3) is 5.78 Å². The molecule has 0 aliphatic rings. The Bertz CT molecular complexity index is 492. The highest BCUT2D eigenvalue weighted by atomic mass is 19.4. The molecule has 0 fully saturated rings. The lowest BCUT2D eigenvalue weighted by molar-refractivity contribution is -0.275. The van der Waals surface area contributed by atoms with Gasteiger partial charge in [0.1, 0.15) is 0 Å². The molecule has 0 saturated carbocycles. The molecule has 0 bridgehead atoms. The molecular weight excluding hydrogens is 294 g/mol. The van der Waals surface area contributed by atoms with Crippen LogP contribution in [0.25, 0.3) is 0 Å². The molecule has 1 aromatic carbocycles. The smallest absolute Gasteiger partial charge is 0.490 e. The van der Waals surface area contributed by atoms with Crippen LogP contribution in [0.2, 0.25) is 0 Å². The van der Waals surface area contributed by atoms with Gasteiger partial charge >= 0.3 is 12.5 Å². The lowest BCUT2D eigenvalue weighted by atomic mass is 10.1. The highest BCUT2D eigenvalue weighted by molar-refractivity contribution is 6.00. The van der Waals surface area contributed by atoms with E-state index in [-0.39, 0.29) is 6.61 Å². The van der Waals surface area contributed by atoms with Gasteiger partial charge in [-0.05, 0) is 25.1 Å². The van der Waals surface area contributed by atoms with Crippen LogP contribution in [0.3, 0.4) is 0 Å². The Hall–Kier alpha value is -1.93. The summed E-state index contributed by atoms with van der Waals surface area (Å²) in [7, 11) is 0. The normalized spacial score (nSPS) is 12.2. The average molecular weight is 302 g/mol. The van der Waals surface area contributed by atoms with Crippen molar-refractivity contribution >= 4 is 5.78 Å². The Balaban J connectivity index is 3.20. The first-order valence-electron chi connectivity index (χ1n) is 5.18. The summed E-state index contributed by atoms with van der Waals surface area (Å²) in [4.78, 5) is 11.0. The monoisotopic (exact) mass is 302 g/mol. The zero-order chi connectivity index (χ0) is 15.6. The van der Waals surface area contributed by atoms with E-state index in [1.54, 1.807) is 0 Å². The third-order valence-corrected chi connectivity index (χ3v) is 1.99. The second-order valence-electron chi connectivity index (χ2n) is 3.47. The van der Waals surface area contributed by atoms with Gasteiger partial charge in [-0.15, -0.1) is 13.2 Å². The second kappa shape index (κ2) is 5.59. The maximum Gasteiger partial charge on any atom is 0.573 e. The molecule has 1 aromatic rings. The molecule has 0 N–H and O–H groups in total. The van der Waals surface area contributed by atoms with Crippen LogP contribution in [0.15, 0.2) is 18.2 Å². The Morgan fingerprint density at radius 3 is 2.15 bits per heavy atom. The summed E-state index contributed by atoms with van der Waals surface area (Å²) in [5.74, 6) is -3.69. The van der Waals surface area contributed by atoms with Crippen molar-refractivity contribution in [1.82, 2.24) is 0 Å². The Morgan fingerprint density at radius 2 is 1.70 bits per heavy atom. The van der Waals surface area contributed by atoms with Gasteiger partial charge in [0.05, 0.1) is 6.61 Å². The quantitative estimate of drug-likeness (QED) is 0.628. The molecule has 0 spiro atoms. The van der Waals surface area contributed by atoms with Gasteiger partial charge in [0, 0.05) is 5.56 Å². The highest BCUT2D eigenvalue weighted by Crippen LogP contribution is 2.34. The average Bonchev–Trinajstić information content (AvgIpc) is 2.27. The number of alkyl halides is 6. The van der Waals surface area contributed by atoms with Crippen LogP contribution in [0.1, 0.15) is 17.3 Å². The summed E-state index contributed by atoms with van der Waals surface area (Å²) in [6.45, 7) is 1.44. The molecule has 0 unspecified atom stereocenters. The maximum absolute atomic E-state index is 12.2. The first-order chi connectivity index (χ1) is 9.04. The van der Waals surface area contributed by atoms with Crippen molar-refractivity contribution in [2.75, 3.05) is 6.61 Å². The molecule has 20 heavy (non-hydrogen) atoms. The van der Waals surface area contributed by atoms with Crippen molar-refractivity contribution in [2.45, 2.75) is 19.5 Å². The first-order valence-corrected chi connectivity index (χ1v) is 5.18. The van der Waals surface area contributed by atoms with Crippen LogP contribution in [0.5, 0.6) is 11.5 Å². The minimum atomic E-state index is -5.19. The number of ether oxygens (including phenoxy) is 2. The molecule has 3 nitrogen and oxygen atoms in total. The molecule has 112 valence electrons. The van der Waals surface area contributed by atoms with E-state index in [1.807, 2.05) is 0 Å². The Labute approximate surface area is 109 Å². The van der Waals surface area contributed by atoms with Crippen LogP contribution in [0, 0.1) is 0 Å². The van der Waals surface area contributed by atoms with Crippen LogP contribution < -0.4 is 9.47 Å². The fourth-order valence-corrected chi connectivity index (χ4v) is 1.29. The van der Waals surface area contributed by atoms with Crippen molar-refractivity contribution in [2.24, 2.45) is 0 Å². The van der Waals surface area contributed by atoms with Gasteiger partial charge in [-0.1, -0.05) is 0 Å². The molecule has 0 aliphatic carbocycles. The van der Waals surface area contributed by atoms with Gasteiger partial charge in [-0.25, -0.2) is 0 Å². The van der Waals surface area contributed by atoms with Gasteiger partial charge in [-0.3, -0.25) is 4.79 Å². The van der Waals surface area contributed by atoms with Crippen molar-refractivity contribution < 1.29 is 40.6 Å². The van der Waals surface area contributed by atoms with E-state index in [2.05, 4.69) is 4.74 Å². The minimum absolute atomic E-state index is 0.0270. The number of rotatable bonds is 4. The van der Waals surface area contributed by atoms with E-state index in [9.17, 15) is 31.1 Å². The lowest BCUT2D eigenvalue weighted by Crippen LogP contribution is -2.23. The van der Waals surface area contributed by atoms with E-state index in [0.29, 0.717) is 12.1 Å².